The largest absolute Gasteiger partial charge is 0.435 e. The standard InChI is InChI=1S/C21H20F2N2O6S/c1-20(10-32(29,30)11-20)24-17(26)12-6-7-16-15(8-12)21(2,28)18(27)25(16)13-4-3-5-14(9-13)31-19(22)23/h3-9,19,28H,10-11H2,1-2H3,(H,24,26). The van der Waals surface area contributed by atoms with E-state index >= 15 is 0 Å². The average molecular weight is 466 g/mol. The highest BCUT2D eigenvalue weighted by Crippen LogP contribution is 2.45. The fourth-order valence-electron chi connectivity index (χ4n) is 4.11. The lowest BCUT2D eigenvalue weighted by Gasteiger charge is -2.38. The number of carbonyl (C=O) groups is 2. The van der Waals surface area contributed by atoms with Crippen LogP contribution in [-0.2, 0) is 20.2 Å². The van der Waals surface area contributed by atoms with Gasteiger partial charge in [-0.2, -0.15) is 8.78 Å². The van der Waals surface area contributed by atoms with Gasteiger partial charge in [0, 0.05) is 17.2 Å². The van der Waals surface area contributed by atoms with Crippen LogP contribution in [0.25, 0.3) is 0 Å². The first-order valence-corrected chi connectivity index (χ1v) is 11.4. The molecule has 2 aromatic rings. The van der Waals surface area contributed by atoms with E-state index in [1.165, 1.54) is 49.4 Å². The SMILES string of the molecule is CC1(NC(=O)c2ccc3c(c2)C(C)(O)C(=O)N3c2cccc(OC(F)F)c2)CS(=O)(=O)C1. The maximum atomic E-state index is 13.0. The Morgan fingerprint density at radius 1 is 1.19 bits per heavy atom. The van der Waals surface area contributed by atoms with E-state index in [4.69, 9.17) is 0 Å². The van der Waals surface area contributed by atoms with Crippen molar-refractivity contribution in [2.24, 2.45) is 0 Å². The van der Waals surface area contributed by atoms with Crippen molar-refractivity contribution < 1.29 is 36.6 Å². The first kappa shape index (κ1) is 22.2. The monoisotopic (exact) mass is 466 g/mol. The molecular formula is C21H20F2N2O6S. The number of fused-ring (bicyclic) bond motifs is 1. The Morgan fingerprint density at radius 3 is 2.50 bits per heavy atom. The van der Waals surface area contributed by atoms with E-state index in [0.717, 1.165) is 4.90 Å². The summed E-state index contributed by atoms with van der Waals surface area (Å²) in [5.41, 5.74) is -2.08. The van der Waals surface area contributed by atoms with Crippen LogP contribution in [0.2, 0.25) is 0 Å². The molecule has 0 bridgehead atoms. The van der Waals surface area contributed by atoms with Crippen LogP contribution in [0.3, 0.4) is 0 Å². The molecule has 0 radical (unpaired) electrons. The number of alkyl halides is 2. The van der Waals surface area contributed by atoms with E-state index < -0.39 is 39.4 Å². The van der Waals surface area contributed by atoms with Gasteiger partial charge < -0.3 is 15.2 Å². The highest BCUT2D eigenvalue weighted by molar-refractivity contribution is 7.93. The minimum absolute atomic E-state index is 0.138. The number of sulfone groups is 1. The molecule has 2 amide bonds. The third kappa shape index (κ3) is 3.82. The number of rotatable bonds is 5. The van der Waals surface area contributed by atoms with Gasteiger partial charge in [0.15, 0.2) is 15.4 Å². The number of amides is 2. The first-order chi connectivity index (χ1) is 14.8. The van der Waals surface area contributed by atoms with E-state index in [2.05, 4.69) is 10.1 Å². The Hall–Kier alpha value is -3.05. The van der Waals surface area contributed by atoms with E-state index in [-0.39, 0.29) is 39.8 Å². The third-order valence-corrected chi connectivity index (χ3v) is 7.59. The van der Waals surface area contributed by atoms with Crippen LogP contribution in [0, 0.1) is 0 Å². The van der Waals surface area contributed by atoms with Crippen molar-refractivity contribution in [1.29, 1.82) is 0 Å². The number of anilines is 2. The summed E-state index contributed by atoms with van der Waals surface area (Å²) in [6, 6.07) is 9.74. The number of benzene rings is 2. The van der Waals surface area contributed by atoms with Gasteiger partial charge in [0.25, 0.3) is 11.8 Å². The number of hydrogen-bond donors (Lipinski definition) is 2. The maximum Gasteiger partial charge on any atom is 0.387 e. The summed E-state index contributed by atoms with van der Waals surface area (Å²) < 4.78 is 52.5. The zero-order valence-electron chi connectivity index (χ0n) is 17.1. The molecular weight excluding hydrogens is 446 g/mol. The van der Waals surface area contributed by atoms with Gasteiger partial charge in [0.2, 0.25) is 0 Å². The summed E-state index contributed by atoms with van der Waals surface area (Å²) in [7, 11) is -3.16. The lowest BCUT2D eigenvalue weighted by Crippen LogP contribution is -2.63. The average Bonchev–Trinajstić information content (AvgIpc) is 2.85. The lowest BCUT2D eigenvalue weighted by atomic mass is 9.95. The van der Waals surface area contributed by atoms with Crippen molar-refractivity contribution in [3.05, 3.63) is 53.6 Å². The highest BCUT2D eigenvalue weighted by Gasteiger charge is 2.48. The zero-order chi connectivity index (χ0) is 23.5. The van der Waals surface area contributed by atoms with Gasteiger partial charge in [-0.3, -0.25) is 14.5 Å². The lowest BCUT2D eigenvalue weighted by molar-refractivity contribution is -0.133. The molecule has 2 heterocycles. The van der Waals surface area contributed by atoms with E-state index in [9.17, 15) is 31.9 Å². The molecule has 32 heavy (non-hydrogen) atoms. The molecule has 2 N–H and O–H groups in total. The van der Waals surface area contributed by atoms with Crippen molar-refractivity contribution in [3.8, 4) is 5.75 Å². The Bertz CT molecular complexity index is 1220. The molecule has 2 aromatic carbocycles. The normalized spacial score (nSPS) is 22.9. The molecule has 2 aliphatic rings. The molecule has 4 rings (SSSR count). The number of aliphatic hydroxyl groups is 1. The van der Waals surface area contributed by atoms with E-state index in [1.54, 1.807) is 6.92 Å². The molecule has 1 fully saturated rings. The molecule has 170 valence electrons. The summed E-state index contributed by atoms with van der Waals surface area (Å²) in [4.78, 5) is 26.8. The number of carbonyl (C=O) groups excluding carboxylic acids is 2. The Balaban J connectivity index is 1.66. The van der Waals surface area contributed by atoms with Crippen molar-refractivity contribution >= 4 is 33.0 Å². The number of halogens is 2. The Labute approximate surface area is 182 Å². The fraction of sp³-hybridized carbons (Fsp3) is 0.333. The van der Waals surface area contributed by atoms with Crippen LogP contribution in [0.15, 0.2) is 42.5 Å². The second-order valence-electron chi connectivity index (χ2n) is 8.37. The molecule has 1 saturated heterocycles. The molecule has 0 spiro atoms. The Morgan fingerprint density at radius 2 is 1.88 bits per heavy atom. The van der Waals surface area contributed by atoms with Gasteiger partial charge in [-0.1, -0.05) is 6.07 Å². The predicted molar refractivity (Wildman–Crippen MR) is 111 cm³/mol. The third-order valence-electron chi connectivity index (χ3n) is 5.44. The Kier molecular flexibility index (Phi) is 5.01. The first-order valence-electron chi connectivity index (χ1n) is 9.61. The maximum absolute atomic E-state index is 13.0. The van der Waals surface area contributed by atoms with Gasteiger partial charge in [0.05, 0.1) is 28.4 Å². The summed E-state index contributed by atoms with van der Waals surface area (Å²) in [6.45, 7) is -0.145. The van der Waals surface area contributed by atoms with Crippen molar-refractivity contribution in [3.63, 3.8) is 0 Å². The predicted octanol–water partition coefficient (Wildman–Crippen LogP) is 2.09. The topological polar surface area (TPSA) is 113 Å². The van der Waals surface area contributed by atoms with Gasteiger partial charge in [-0.15, -0.1) is 0 Å². The van der Waals surface area contributed by atoms with Crippen molar-refractivity contribution in [1.82, 2.24) is 5.32 Å². The second-order valence-corrected chi connectivity index (χ2v) is 10.4. The summed E-state index contributed by atoms with van der Waals surface area (Å²) in [6.07, 6.45) is 0. The van der Waals surface area contributed by atoms with Crippen LogP contribution >= 0.6 is 0 Å². The van der Waals surface area contributed by atoms with E-state index in [1.807, 2.05) is 0 Å². The minimum atomic E-state index is -3.16. The molecule has 0 saturated carbocycles. The number of nitrogens with one attached hydrogen (secondary N) is 1. The zero-order valence-corrected chi connectivity index (χ0v) is 17.9. The molecule has 8 nitrogen and oxygen atoms in total. The van der Waals surface area contributed by atoms with Gasteiger partial charge >= 0.3 is 6.61 Å². The molecule has 0 aromatic heterocycles. The highest BCUT2D eigenvalue weighted by atomic mass is 32.2. The minimum Gasteiger partial charge on any atom is -0.435 e. The molecule has 11 heteroatoms. The van der Waals surface area contributed by atoms with Gasteiger partial charge in [0.1, 0.15) is 5.75 Å². The molecule has 0 aliphatic carbocycles. The van der Waals surface area contributed by atoms with Crippen LogP contribution in [0.1, 0.15) is 29.8 Å². The van der Waals surface area contributed by atoms with Crippen molar-refractivity contribution in [2.75, 3.05) is 16.4 Å². The van der Waals surface area contributed by atoms with E-state index in [0.29, 0.717) is 0 Å². The summed E-state index contributed by atoms with van der Waals surface area (Å²) >= 11 is 0. The van der Waals surface area contributed by atoms with Crippen LogP contribution < -0.4 is 15.0 Å². The number of nitrogens with zero attached hydrogens (tertiary/aromatic N) is 1. The quantitative estimate of drug-likeness (QED) is 0.698. The molecule has 1 unspecified atom stereocenters. The smallest absolute Gasteiger partial charge is 0.387 e. The van der Waals surface area contributed by atoms with Gasteiger partial charge in [-0.05, 0) is 44.2 Å². The van der Waals surface area contributed by atoms with Crippen molar-refractivity contribution in [2.45, 2.75) is 31.6 Å². The van der Waals surface area contributed by atoms with Gasteiger partial charge in [-0.25, -0.2) is 8.42 Å². The van der Waals surface area contributed by atoms with Crippen LogP contribution in [-0.4, -0.2) is 49.0 Å². The summed E-state index contributed by atoms with van der Waals surface area (Å²) in [5, 5.41) is 13.6. The summed E-state index contributed by atoms with van der Waals surface area (Å²) in [5.74, 6) is -1.76. The number of ether oxygens (including phenoxy) is 1. The fourth-order valence-corrected chi connectivity index (χ4v) is 6.11. The second kappa shape index (κ2) is 7.24. The van der Waals surface area contributed by atoms with Crippen LogP contribution in [0.4, 0.5) is 20.2 Å². The number of hydrogen-bond acceptors (Lipinski definition) is 6. The molecule has 1 atom stereocenters. The molecule has 2 aliphatic heterocycles. The van der Waals surface area contributed by atoms with Crippen LogP contribution in [0.5, 0.6) is 5.75 Å².